The highest BCUT2D eigenvalue weighted by Gasteiger charge is 2.60. The monoisotopic (exact) mass is 412 g/mol. The molecule has 0 spiro atoms. The first-order valence-electron chi connectivity index (χ1n) is 11.0. The zero-order valence-corrected chi connectivity index (χ0v) is 17.2. The van der Waals surface area contributed by atoms with Crippen LogP contribution in [0.4, 0.5) is 13.2 Å². The van der Waals surface area contributed by atoms with Gasteiger partial charge in [0.2, 0.25) is 5.78 Å². The van der Waals surface area contributed by atoms with Gasteiger partial charge in [0, 0.05) is 5.92 Å². The predicted octanol–water partition coefficient (Wildman–Crippen LogP) is 5.02. The van der Waals surface area contributed by atoms with Crippen LogP contribution in [0.5, 0.6) is 0 Å². The third kappa shape index (κ3) is 3.30. The number of hydrogen-bond donors (Lipinski definition) is 1. The van der Waals surface area contributed by atoms with Crippen LogP contribution >= 0.6 is 0 Å². The van der Waals surface area contributed by atoms with E-state index in [-0.39, 0.29) is 16.9 Å². The van der Waals surface area contributed by atoms with Crippen LogP contribution in [0, 0.1) is 34.5 Å². The van der Waals surface area contributed by atoms with E-state index in [9.17, 15) is 27.9 Å². The van der Waals surface area contributed by atoms with Crippen molar-refractivity contribution in [3.05, 3.63) is 11.6 Å². The molecule has 4 aliphatic rings. The predicted molar refractivity (Wildman–Crippen MR) is 102 cm³/mol. The fourth-order valence-corrected chi connectivity index (χ4v) is 7.55. The van der Waals surface area contributed by atoms with Crippen LogP contribution in [-0.4, -0.2) is 29.0 Å². The zero-order valence-electron chi connectivity index (χ0n) is 17.2. The van der Waals surface area contributed by atoms with Crippen molar-refractivity contribution in [1.82, 2.24) is 0 Å². The van der Waals surface area contributed by atoms with Crippen LogP contribution in [0.1, 0.15) is 71.6 Å². The minimum Gasteiger partial charge on any atom is -0.393 e. The zero-order chi connectivity index (χ0) is 21.2. The average Bonchev–Trinajstić information content (AvgIpc) is 2.98. The Kier molecular flexibility index (Phi) is 5.04. The first kappa shape index (κ1) is 21.1. The summed E-state index contributed by atoms with van der Waals surface area (Å²) in [6, 6.07) is 0. The Morgan fingerprint density at radius 3 is 2.52 bits per heavy atom. The molecule has 0 radical (unpaired) electrons. The third-order valence-corrected chi connectivity index (χ3v) is 9.12. The average molecular weight is 412 g/mol. The van der Waals surface area contributed by atoms with Crippen LogP contribution in [-0.2, 0) is 9.59 Å². The Balaban J connectivity index is 1.54. The largest absolute Gasteiger partial charge is 0.450 e. The number of alkyl halides is 3. The summed E-state index contributed by atoms with van der Waals surface area (Å²) in [5, 5.41) is 10.1. The van der Waals surface area contributed by atoms with Gasteiger partial charge in [0.1, 0.15) is 5.78 Å². The number of Topliss-reactive ketones (excluding diaryl/α,β-unsaturated/α-hetero) is 2. The lowest BCUT2D eigenvalue weighted by Crippen LogP contribution is -2.51. The molecule has 29 heavy (non-hydrogen) atoms. The van der Waals surface area contributed by atoms with Gasteiger partial charge < -0.3 is 5.11 Å². The van der Waals surface area contributed by atoms with Gasteiger partial charge in [-0.15, -0.1) is 0 Å². The summed E-state index contributed by atoms with van der Waals surface area (Å²) in [4.78, 5) is 24.1. The molecule has 0 bridgehead atoms. The fraction of sp³-hybridized carbons (Fsp3) is 0.826. The molecule has 0 aromatic heterocycles. The van der Waals surface area contributed by atoms with Crippen LogP contribution in [0.25, 0.3) is 0 Å². The Morgan fingerprint density at radius 2 is 1.83 bits per heavy atom. The molecule has 0 heterocycles. The molecular weight excluding hydrogens is 381 g/mol. The number of hydrogen-bond acceptors (Lipinski definition) is 3. The van der Waals surface area contributed by atoms with E-state index in [2.05, 4.69) is 19.9 Å². The van der Waals surface area contributed by atoms with Gasteiger partial charge >= 0.3 is 6.18 Å². The molecule has 4 aliphatic carbocycles. The summed E-state index contributed by atoms with van der Waals surface area (Å²) in [7, 11) is 0. The molecule has 0 aromatic carbocycles. The van der Waals surface area contributed by atoms with Crippen molar-refractivity contribution in [2.75, 3.05) is 0 Å². The minimum absolute atomic E-state index is 0.0951. The normalized spacial score (nSPS) is 44.3. The molecule has 0 saturated heterocycles. The first-order valence-corrected chi connectivity index (χ1v) is 11.0. The Morgan fingerprint density at radius 1 is 1.10 bits per heavy atom. The molecule has 0 aromatic rings. The number of ketones is 2. The smallest absolute Gasteiger partial charge is 0.393 e. The van der Waals surface area contributed by atoms with Crippen molar-refractivity contribution in [2.45, 2.75) is 83.9 Å². The summed E-state index contributed by atoms with van der Waals surface area (Å²) in [5.41, 5.74) is 1.17. The Hall–Kier alpha value is -1.17. The molecule has 3 nitrogen and oxygen atoms in total. The highest BCUT2D eigenvalue weighted by atomic mass is 19.4. The Bertz CT molecular complexity index is 742. The van der Waals surface area contributed by atoms with Crippen molar-refractivity contribution in [2.24, 2.45) is 34.5 Å². The number of allylic oxidation sites excluding steroid dienone is 1. The molecule has 0 aliphatic heterocycles. The van der Waals surface area contributed by atoms with E-state index in [1.165, 1.54) is 5.57 Å². The van der Waals surface area contributed by atoms with E-state index in [0.717, 1.165) is 44.9 Å². The molecule has 4 rings (SSSR count). The van der Waals surface area contributed by atoms with Crippen molar-refractivity contribution >= 4 is 11.6 Å². The van der Waals surface area contributed by atoms with Crippen LogP contribution in [0.15, 0.2) is 11.6 Å². The number of carbonyl (C=O) groups is 2. The van der Waals surface area contributed by atoms with Gasteiger partial charge in [-0.3, -0.25) is 9.59 Å². The molecule has 162 valence electrons. The van der Waals surface area contributed by atoms with Gasteiger partial charge in [0.15, 0.2) is 0 Å². The summed E-state index contributed by atoms with van der Waals surface area (Å²) >= 11 is 0. The van der Waals surface area contributed by atoms with E-state index in [4.69, 9.17) is 0 Å². The summed E-state index contributed by atoms with van der Waals surface area (Å²) in [6.07, 6.45) is 2.86. The lowest BCUT2D eigenvalue weighted by Gasteiger charge is -2.58. The molecule has 7 atom stereocenters. The van der Waals surface area contributed by atoms with Gasteiger partial charge in [-0.25, -0.2) is 0 Å². The molecule has 3 fully saturated rings. The number of fused-ring (bicyclic) bond motifs is 5. The standard InChI is InChI=1S/C23H31F3O3/c1-21-9-7-14(27)11-13(21)3-4-15-16-5-6-18(22(16,2)10-8-17(15)21)19(28)12-20(29)23(24,25)26/h3,14-18,27H,4-12H2,1-2H3. The second kappa shape index (κ2) is 6.93. The number of carbonyl (C=O) groups excluding carboxylic acids is 2. The molecule has 7 unspecified atom stereocenters. The van der Waals surface area contributed by atoms with Gasteiger partial charge in [-0.1, -0.05) is 25.5 Å². The van der Waals surface area contributed by atoms with Gasteiger partial charge in [-0.05, 0) is 80.0 Å². The minimum atomic E-state index is -4.93. The molecule has 1 N–H and O–H groups in total. The topological polar surface area (TPSA) is 54.4 Å². The molecule has 0 amide bonds. The Labute approximate surface area is 170 Å². The van der Waals surface area contributed by atoms with E-state index < -0.39 is 30.1 Å². The van der Waals surface area contributed by atoms with Gasteiger partial charge in [0.05, 0.1) is 12.5 Å². The van der Waals surface area contributed by atoms with Crippen LogP contribution in [0.3, 0.4) is 0 Å². The van der Waals surface area contributed by atoms with Gasteiger partial charge in [-0.2, -0.15) is 13.2 Å². The highest BCUT2D eigenvalue weighted by Crippen LogP contribution is 2.66. The lowest BCUT2D eigenvalue weighted by atomic mass is 9.47. The maximum atomic E-state index is 12.7. The number of aliphatic hydroxyl groups excluding tert-OH is 1. The second-order valence-corrected chi connectivity index (χ2v) is 10.4. The first-order chi connectivity index (χ1) is 13.5. The maximum absolute atomic E-state index is 12.7. The molecule has 6 heteroatoms. The van der Waals surface area contributed by atoms with E-state index in [1.807, 2.05) is 0 Å². The van der Waals surface area contributed by atoms with E-state index in [1.54, 1.807) is 0 Å². The van der Waals surface area contributed by atoms with Crippen molar-refractivity contribution < 1.29 is 27.9 Å². The quantitative estimate of drug-likeness (QED) is 0.523. The summed E-state index contributed by atoms with van der Waals surface area (Å²) < 4.78 is 37.9. The van der Waals surface area contributed by atoms with Gasteiger partial charge in [0.25, 0.3) is 0 Å². The highest BCUT2D eigenvalue weighted by molar-refractivity contribution is 6.02. The maximum Gasteiger partial charge on any atom is 0.450 e. The van der Waals surface area contributed by atoms with E-state index >= 15 is 0 Å². The molecule has 3 saturated carbocycles. The van der Waals surface area contributed by atoms with Crippen molar-refractivity contribution in [1.29, 1.82) is 0 Å². The van der Waals surface area contributed by atoms with E-state index in [0.29, 0.717) is 24.2 Å². The van der Waals surface area contributed by atoms with Crippen molar-refractivity contribution in [3.8, 4) is 0 Å². The second-order valence-electron chi connectivity index (χ2n) is 10.4. The fourth-order valence-electron chi connectivity index (χ4n) is 7.55. The lowest BCUT2D eigenvalue weighted by molar-refractivity contribution is -0.172. The third-order valence-electron chi connectivity index (χ3n) is 9.12. The SMILES string of the molecule is CC12CCC(O)CC1=CCC1C2CCC2(C)C(C(=O)CC(=O)C(F)(F)F)CCC12. The number of aliphatic hydroxyl groups is 1. The summed E-state index contributed by atoms with van der Waals surface area (Å²) in [6.45, 7) is 4.40. The number of halogens is 3. The number of rotatable bonds is 3. The van der Waals surface area contributed by atoms with Crippen LogP contribution in [0.2, 0.25) is 0 Å². The van der Waals surface area contributed by atoms with Crippen molar-refractivity contribution in [3.63, 3.8) is 0 Å². The summed E-state index contributed by atoms with van der Waals surface area (Å²) in [5.74, 6) is -1.60. The van der Waals surface area contributed by atoms with Crippen LogP contribution < -0.4 is 0 Å². The molecular formula is C23H31F3O3.